The van der Waals surface area contributed by atoms with Crippen molar-refractivity contribution < 1.29 is 22.7 Å². The minimum atomic E-state index is -3.91. The second-order valence-electron chi connectivity index (χ2n) is 13.8. The Morgan fingerprint density at radius 1 is 1.05 bits per heavy atom. The molecule has 0 aromatic heterocycles. The van der Waals surface area contributed by atoms with Gasteiger partial charge in [-0.25, -0.2) is 17.5 Å². The van der Waals surface area contributed by atoms with Crippen molar-refractivity contribution in [2.75, 3.05) is 5.75 Å². The number of carbonyl (C=O) groups is 2. The predicted octanol–water partition coefficient (Wildman–Crippen LogP) is 8.01. The molecule has 42 heavy (non-hydrogen) atoms. The highest BCUT2D eigenvalue weighted by atomic mass is 35.5. The van der Waals surface area contributed by atoms with Crippen molar-refractivity contribution >= 4 is 45.1 Å². The Labute approximate surface area is 259 Å². The lowest BCUT2D eigenvalue weighted by Gasteiger charge is -2.42. The van der Waals surface area contributed by atoms with E-state index in [1.54, 1.807) is 0 Å². The SMILES string of the molecule is CCCC[C@]1(C)CCc2ccccc2[C@@H]1OC(=O)c1cc(Cl)c(Cl)cc1C(=O)N1[C@@H]2C[C@H]3CC[C@]2(CS1(=O)=O)C3(C)C. The molecule has 5 atom stereocenters. The van der Waals surface area contributed by atoms with Gasteiger partial charge in [0.1, 0.15) is 6.10 Å². The van der Waals surface area contributed by atoms with Gasteiger partial charge in [-0.1, -0.05) is 88.0 Å². The molecule has 226 valence electrons. The first-order chi connectivity index (χ1) is 19.8. The van der Waals surface area contributed by atoms with Gasteiger partial charge >= 0.3 is 5.97 Å². The number of hydrogen-bond acceptors (Lipinski definition) is 5. The fourth-order valence-corrected chi connectivity index (χ4v) is 11.6. The molecule has 0 unspecified atom stereocenters. The number of fused-ring (bicyclic) bond motifs is 2. The number of carbonyl (C=O) groups excluding carboxylic acids is 2. The minimum absolute atomic E-state index is 0.0599. The zero-order valence-corrected chi connectivity index (χ0v) is 27.0. The van der Waals surface area contributed by atoms with Gasteiger partial charge in [-0.15, -0.1) is 0 Å². The van der Waals surface area contributed by atoms with Crippen LogP contribution in [0.2, 0.25) is 10.0 Å². The highest BCUT2D eigenvalue weighted by Crippen LogP contribution is 2.70. The topological polar surface area (TPSA) is 80.8 Å². The van der Waals surface area contributed by atoms with E-state index in [2.05, 4.69) is 33.8 Å². The lowest BCUT2D eigenvalue weighted by Crippen LogP contribution is -2.44. The van der Waals surface area contributed by atoms with E-state index in [0.29, 0.717) is 12.3 Å². The molecule has 6 nitrogen and oxygen atoms in total. The number of benzene rings is 2. The van der Waals surface area contributed by atoms with Crippen molar-refractivity contribution in [3.05, 3.63) is 68.7 Å². The molecule has 1 amide bonds. The molecule has 0 radical (unpaired) electrons. The third-order valence-corrected chi connectivity index (χ3v) is 14.0. The van der Waals surface area contributed by atoms with Crippen LogP contribution in [0.4, 0.5) is 0 Å². The van der Waals surface area contributed by atoms with Crippen LogP contribution in [0.25, 0.3) is 0 Å². The first-order valence-electron chi connectivity index (χ1n) is 15.1. The summed E-state index contributed by atoms with van der Waals surface area (Å²) < 4.78 is 34.7. The lowest BCUT2D eigenvalue weighted by atomic mass is 9.68. The standard InChI is InChI=1S/C33H39Cl2NO5S/c1-5-6-13-32(4)14-11-20-9-7-8-10-22(20)28(32)41-30(38)24-18-26(35)25(34)17-23(24)29(37)36-27-16-21-12-15-33(27,31(21,2)3)19-42(36,39)40/h7-10,17-18,21,27-28H,5-6,11-16,19H2,1-4H3/t21-,27-,28+,32-,33-/m1/s1. The summed E-state index contributed by atoms with van der Waals surface area (Å²) in [6.45, 7) is 8.56. The third-order valence-electron chi connectivity index (χ3n) is 11.4. The molecule has 0 N–H and O–H groups in total. The highest BCUT2D eigenvalue weighted by molar-refractivity contribution is 7.90. The summed E-state index contributed by atoms with van der Waals surface area (Å²) in [4.78, 5) is 28.3. The van der Waals surface area contributed by atoms with Crippen molar-refractivity contribution in [3.63, 3.8) is 0 Å². The average molecular weight is 633 g/mol. The Morgan fingerprint density at radius 2 is 1.74 bits per heavy atom. The summed E-state index contributed by atoms with van der Waals surface area (Å²) in [5.74, 6) is -1.15. The molecule has 2 aromatic rings. The van der Waals surface area contributed by atoms with Gasteiger partial charge in [0.2, 0.25) is 10.0 Å². The first-order valence-corrected chi connectivity index (χ1v) is 17.5. The predicted molar refractivity (Wildman–Crippen MR) is 164 cm³/mol. The Balaban J connectivity index is 1.39. The summed E-state index contributed by atoms with van der Waals surface area (Å²) in [6.07, 6.45) is 6.50. The molecule has 9 heteroatoms. The largest absolute Gasteiger partial charge is 0.453 e. The van der Waals surface area contributed by atoms with Gasteiger partial charge in [0.25, 0.3) is 5.91 Å². The van der Waals surface area contributed by atoms with Crippen LogP contribution in [0, 0.1) is 22.2 Å². The maximum absolute atomic E-state index is 14.3. The zero-order valence-electron chi connectivity index (χ0n) is 24.7. The number of aryl methyl sites for hydroxylation is 1. The van der Waals surface area contributed by atoms with E-state index in [1.807, 2.05) is 18.2 Å². The van der Waals surface area contributed by atoms with Crippen LogP contribution in [-0.4, -0.2) is 36.4 Å². The van der Waals surface area contributed by atoms with E-state index in [-0.39, 0.29) is 37.8 Å². The molecule has 1 aliphatic heterocycles. The summed E-state index contributed by atoms with van der Waals surface area (Å²) in [6, 6.07) is 10.2. The van der Waals surface area contributed by atoms with Crippen LogP contribution in [0.15, 0.2) is 36.4 Å². The van der Waals surface area contributed by atoms with E-state index >= 15 is 0 Å². The van der Waals surface area contributed by atoms with Crippen LogP contribution in [0.3, 0.4) is 0 Å². The number of amides is 1. The number of esters is 1. The van der Waals surface area contributed by atoms with E-state index in [1.165, 1.54) is 12.1 Å². The average Bonchev–Trinajstić information content (AvgIpc) is 3.42. The Bertz CT molecular complexity index is 1570. The first kappa shape index (κ1) is 30.0. The van der Waals surface area contributed by atoms with Gasteiger partial charge in [-0.2, -0.15) is 0 Å². The van der Waals surface area contributed by atoms with Crippen LogP contribution in [0.5, 0.6) is 0 Å². The molecule has 2 saturated carbocycles. The van der Waals surface area contributed by atoms with Crippen molar-refractivity contribution in [2.24, 2.45) is 22.2 Å². The number of nitrogens with zero attached hydrogens (tertiary/aromatic N) is 1. The highest BCUT2D eigenvalue weighted by Gasteiger charge is 2.72. The maximum Gasteiger partial charge on any atom is 0.339 e. The van der Waals surface area contributed by atoms with Crippen molar-refractivity contribution in [1.29, 1.82) is 0 Å². The van der Waals surface area contributed by atoms with Crippen LogP contribution in [0.1, 0.15) is 111 Å². The second-order valence-corrected chi connectivity index (χ2v) is 16.4. The Morgan fingerprint density at radius 3 is 2.43 bits per heavy atom. The zero-order chi connectivity index (χ0) is 30.2. The Kier molecular flexibility index (Phi) is 7.30. The van der Waals surface area contributed by atoms with Gasteiger partial charge in [0, 0.05) is 10.8 Å². The van der Waals surface area contributed by atoms with E-state index in [9.17, 15) is 18.0 Å². The van der Waals surface area contributed by atoms with Gasteiger partial charge in [-0.05, 0) is 73.1 Å². The molecule has 2 aromatic carbocycles. The van der Waals surface area contributed by atoms with E-state index in [0.717, 1.165) is 60.4 Å². The number of halogens is 2. The van der Waals surface area contributed by atoms with Crippen molar-refractivity contribution in [3.8, 4) is 0 Å². The van der Waals surface area contributed by atoms with Gasteiger partial charge in [0.15, 0.2) is 0 Å². The Hall–Kier alpha value is -2.09. The number of ether oxygens (including phenoxy) is 1. The molecule has 6 rings (SSSR count). The van der Waals surface area contributed by atoms with Crippen LogP contribution >= 0.6 is 23.2 Å². The number of unbranched alkanes of at least 4 members (excludes halogenated alkanes) is 1. The number of sulfonamides is 1. The molecule has 1 heterocycles. The minimum Gasteiger partial charge on any atom is -0.453 e. The smallest absolute Gasteiger partial charge is 0.339 e. The lowest BCUT2D eigenvalue weighted by molar-refractivity contribution is -0.0275. The van der Waals surface area contributed by atoms with E-state index in [4.69, 9.17) is 27.9 Å². The fraction of sp³-hybridized carbons (Fsp3) is 0.576. The van der Waals surface area contributed by atoms with Crippen molar-refractivity contribution in [1.82, 2.24) is 4.31 Å². The quantitative estimate of drug-likeness (QED) is 0.302. The van der Waals surface area contributed by atoms with Gasteiger partial charge in [-0.3, -0.25) is 4.79 Å². The summed E-state index contributed by atoms with van der Waals surface area (Å²) >= 11 is 12.8. The summed E-state index contributed by atoms with van der Waals surface area (Å²) in [5.41, 5.74) is 0.981. The molecular weight excluding hydrogens is 593 g/mol. The second kappa shape index (κ2) is 10.2. The molecule has 3 fully saturated rings. The molecule has 4 aliphatic rings. The molecule has 2 bridgehead atoms. The van der Waals surface area contributed by atoms with Gasteiger partial charge in [0.05, 0.1) is 33.0 Å². The van der Waals surface area contributed by atoms with Gasteiger partial charge < -0.3 is 4.74 Å². The molecule has 1 spiro atoms. The molecule has 1 saturated heterocycles. The monoisotopic (exact) mass is 631 g/mol. The summed E-state index contributed by atoms with van der Waals surface area (Å²) in [7, 11) is -3.91. The molecule has 3 aliphatic carbocycles. The fourth-order valence-electron chi connectivity index (χ4n) is 8.72. The van der Waals surface area contributed by atoms with Crippen LogP contribution in [-0.2, 0) is 21.2 Å². The normalized spacial score (nSPS) is 32.0. The van der Waals surface area contributed by atoms with Crippen LogP contribution < -0.4 is 0 Å². The molecular formula is C33H39Cl2NO5S. The van der Waals surface area contributed by atoms with E-state index < -0.39 is 39.5 Å². The maximum atomic E-state index is 14.3. The number of rotatable bonds is 6. The summed E-state index contributed by atoms with van der Waals surface area (Å²) in [5, 5.41) is 0.173. The number of hydrogen-bond donors (Lipinski definition) is 0. The van der Waals surface area contributed by atoms with Crippen molar-refractivity contribution in [2.45, 2.75) is 91.2 Å². The third kappa shape index (κ3) is 4.35.